The summed E-state index contributed by atoms with van der Waals surface area (Å²) in [5.74, 6) is -0.546. The van der Waals surface area contributed by atoms with Crippen molar-refractivity contribution in [1.82, 2.24) is 10.2 Å². The highest BCUT2D eigenvalue weighted by molar-refractivity contribution is 5.95. The zero-order valence-corrected chi connectivity index (χ0v) is 14.6. The second-order valence-corrected chi connectivity index (χ2v) is 6.42. The fourth-order valence-corrected chi connectivity index (χ4v) is 2.05. The third-order valence-electron chi connectivity index (χ3n) is 3.52. The zero-order chi connectivity index (χ0) is 17.6. The van der Waals surface area contributed by atoms with Crippen LogP contribution in [0.4, 0.5) is 5.69 Å². The van der Waals surface area contributed by atoms with Gasteiger partial charge in [-0.25, -0.2) is 0 Å². The van der Waals surface area contributed by atoms with Crippen molar-refractivity contribution in [3.63, 3.8) is 0 Å². The molecule has 1 rings (SSSR count). The van der Waals surface area contributed by atoms with Gasteiger partial charge < -0.3 is 21.3 Å². The molecule has 1 aromatic rings. The highest BCUT2D eigenvalue weighted by Crippen LogP contribution is 2.17. The maximum atomic E-state index is 12.0. The molecule has 0 aromatic heterocycles. The number of aryl methyl sites for hydroxylation is 1. The van der Waals surface area contributed by atoms with Crippen LogP contribution in [0.1, 0.15) is 25.0 Å². The van der Waals surface area contributed by atoms with Crippen molar-refractivity contribution in [1.29, 1.82) is 0 Å². The van der Waals surface area contributed by atoms with Gasteiger partial charge in [-0.2, -0.15) is 0 Å². The molecule has 0 fully saturated rings. The highest BCUT2D eigenvalue weighted by atomic mass is 16.2. The van der Waals surface area contributed by atoms with Crippen LogP contribution in [-0.2, 0) is 16.1 Å². The molecule has 0 spiro atoms. The lowest BCUT2D eigenvalue weighted by atomic mass is 10.1. The summed E-state index contributed by atoms with van der Waals surface area (Å²) < 4.78 is 0. The third kappa shape index (κ3) is 6.38. The summed E-state index contributed by atoms with van der Waals surface area (Å²) >= 11 is 0. The molecule has 4 N–H and O–H groups in total. The number of anilines is 1. The minimum Gasteiger partial charge on any atom is -0.346 e. The molecule has 0 aliphatic carbocycles. The van der Waals surface area contributed by atoms with Crippen molar-refractivity contribution in [2.45, 2.75) is 33.4 Å². The van der Waals surface area contributed by atoms with Gasteiger partial charge in [0, 0.05) is 12.2 Å². The quantitative estimate of drug-likeness (QED) is 0.702. The Bertz CT molecular complexity index is 556. The fraction of sp³-hybridized carbons (Fsp3) is 0.529. The minimum atomic E-state index is -0.604. The molecule has 0 saturated carbocycles. The van der Waals surface area contributed by atoms with Crippen molar-refractivity contribution in [2.24, 2.45) is 11.7 Å². The first kappa shape index (κ1) is 19.1. The van der Waals surface area contributed by atoms with Crippen LogP contribution in [0.15, 0.2) is 18.2 Å². The van der Waals surface area contributed by atoms with Crippen LogP contribution in [-0.4, -0.2) is 43.4 Å². The average Bonchev–Trinajstić information content (AvgIpc) is 2.46. The largest absolute Gasteiger partial charge is 0.346 e. The Labute approximate surface area is 138 Å². The summed E-state index contributed by atoms with van der Waals surface area (Å²) in [6, 6.07) is 5.36. The molecule has 23 heavy (non-hydrogen) atoms. The number of carbonyl (C=O) groups excluding carboxylic acids is 2. The fourth-order valence-electron chi connectivity index (χ4n) is 2.05. The molecular formula is C17H28N4O2. The van der Waals surface area contributed by atoms with Gasteiger partial charge in [-0.05, 0) is 44.1 Å². The molecule has 6 nitrogen and oxygen atoms in total. The van der Waals surface area contributed by atoms with Gasteiger partial charge in [-0.1, -0.05) is 26.0 Å². The van der Waals surface area contributed by atoms with Gasteiger partial charge in [0.2, 0.25) is 11.8 Å². The summed E-state index contributed by atoms with van der Waals surface area (Å²) in [7, 11) is 3.98. The van der Waals surface area contributed by atoms with Crippen molar-refractivity contribution in [2.75, 3.05) is 26.0 Å². The van der Waals surface area contributed by atoms with E-state index in [1.165, 1.54) is 0 Å². The first-order valence-electron chi connectivity index (χ1n) is 7.78. The number of nitrogens with zero attached hydrogens (tertiary/aromatic N) is 1. The Morgan fingerprint density at radius 3 is 2.48 bits per heavy atom. The van der Waals surface area contributed by atoms with Crippen molar-refractivity contribution < 1.29 is 9.59 Å². The first-order valence-corrected chi connectivity index (χ1v) is 7.78. The molecule has 0 heterocycles. The highest BCUT2D eigenvalue weighted by Gasteiger charge is 2.17. The van der Waals surface area contributed by atoms with Crippen LogP contribution in [0.3, 0.4) is 0 Å². The minimum absolute atomic E-state index is 0.0306. The van der Waals surface area contributed by atoms with Gasteiger partial charge in [0.15, 0.2) is 0 Å². The number of carbonyl (C=O) groups is 2. The SMILES string of the molecule is Cc1ccc(CN(C)C)cc1NC(=O)CNC(=O)[C@@H](N)C(C)C. The Morgan fingerprint density at radius 2 is 1.91 bits per heavy atom. The monoisotopic (exact) mass is 320 g/mol. The van der Waals surface area contributed by atoms with E-state index >= 15 is 0 Å². The van der Waals surface area contributed by atoms with E-state index in [9.17, 15) is 9.59 Å². The Kier molecular flexibility index (Phi) is 7.19. The molecule has 1 aromatic carbocycles. The zero-order valence-electron chi connectivity index (χ0n) is 14.6. The van der Waals surface area contributed by atoms with Crippen molar-refractivity contribution in [3.05, 3.63) is 29.3 Å². The molecule has 0 saturated heterocycles. The summed E-state index contributed by atoms with van der Waals surface area (Å²) in [5, 5.41) is 5.40. The van der Waals surface area contributed by atoms with E-state index in [1.807, 2.05) is 53.1 Å². The van der Waals surface area contributed by atoms with Gasteiger partial charge in [-0.3, -0.25) is 9.59 Å². The molecule has 0 radical (unpaired) electrons. The molecular weight excluding hydrogens is 292 g/mol. The number of amides is 2. The molecule has 2 amide bonds. The van der Waals surface area contributed by atoms with Gasteiger partial charge in [0.05, 0.1) is 12.6 Å². The summed E-state index contributed by atoms with van der Waals surface area (Å²) in [6.45, 7) is 6.37. The lowest BCUT2D eigenvalue weighted by molar-refractivity contribution is -0.125. The summed E-state index contributed by atoms with van der Waals surface area (Å²) in [4.78, 5) is 25.8. The number of hydrogen-bond donors (Lipinski definition) is 3. The average molecular weight is 320 g/mol. The van der Waals surface area contributed by atoms with Crippen molar-refractivity contribution >= 4 is 17.5 Å². The van der Waals surface area contributed by atoms with E-state index in [-0.39, 0.29) is 24.3 Å². The van der Waals surface area contributed by atoms with Gasteiger partial charge in [-0.15, -0.1) is 0 Å². The normalized spacial score (nSPS) is 12.3. The summed E-state index contributed by atoms with van der Waals surface area (Å²) in [5.41, 5.74) is 8.59. The number of benzene rings is 1. The van der Waals surface area contributed by atoms with Crippen LogP contribution in [0.5, 0.6) is 0 Å². The maximum Gasteiger partial charge on any atom is 0.243 e. The van der Waals surface area contributed by atoms with E-state index in [0.717, 1.165) is 23.4 Å². The standard InChI is InChI=1S/C17H28N4O2/c1-11(2)16(18)17(23)19-9-15(22)20-14-8-13(10-21(4)5)7-6-12(14)3/h6-8,11,16H,9-10,18H2,1-5H3,(H,19,23)(H,20,22)/t16-/m0/s1. The van der Waals surface area contributed by atoms with Gasteiger partial charge in [0.1, 0.15) is 0 Å². The van der Waals surface area contributed by atoms with E-state index in [2.05, 4.69) is 15.5 Å². The number of hydrogen-bond acceptors (Lipinski definition) is 4. The summed E-state index contributed by atoms with van der Waals surface area (Å²) in [6.07, 6.45) is 0. The maximum absolute atomic E-state index is 12.0. The Morgan fingerprint density at radius 1 is 1.26 bits per heavy atom. The molecule has 0 aliphatic heterocycles. The van der Waals surface area contributed by atoms with E-state index < -0.39 is 6.04 Å². The number of rotatable bonds is 7. The first-order chi connectivity index (χ1) is 10.7. The molecule has 6 heteroatoms. The van der Waals surface area contributed by atoms with Gasteiger partial charge in [0.25, 0.3) is 0 Å². The van der Waals surface area contributed by atoms with Crippen LogP contribution in [0.25, 0.3) is 0 Å². The lowest BCUT2D eigenvalue weighted by Gasteiger charge is -2.16. The Balaban J connectivity index is 2.62. The third-order valence-corrected chi connectivity index (χ3v) is 3.52. The van der Waals surface area contributed by atoms with Crippen LogP contribution in [0.2, 0.25) is 0 Å². The van der Waals surface area contributed by atoms with Crippen LogP contribution < -0.4 is 16.4 Å². The topological polar surface area (TPSA) is 87.5 Å². The smallest absolute Gasteiger partial charge is 0.243 e. The second kappa shape index (κ2) is 8.64. The molecule has 128 valence electrons. The van der Waals surface area contributed by atoms with E-state index in [0.29, 0.717) is 0 Å². The van der Waals surface area contributed by atoms with Gasteiger partial charge >= 0.3 is 0 Å². The van der Waals surface area contributed by atoms with E-state index in [4.69, 9.17) is 5.73 Å². The Hall–Kier alpha value is -1.92. The molecule has 0 bridgehead atoms. The van der Waals surface area contributed by atoms with Crippen molar-refractivity contribution in [3.8, 4) is 0 Å². The lowest BCUT2D eigenvalue weighted by Crippen LogP contribution is -2.46. The molecule has 0 aliphatic rings. The molecule has 0 unspecified atom stereocenters. The van der Waals surface area contributed by atoms with E-state index in [1.54, 1.807) is 0 Å². The predicted molar refractivity (Wildman–Crippen MR) is 93.0 cm³/mol. The molecule has 1 atom stereocenters. The predicted octanol–water partition coefficient (Wildman–Crippen LogP) is 1.09. The van der Waals surface area contributed by atoms with Crippen LogP contribution in [0, 0.1) is 12.8 Å². The number of nitrogens with one attached hydrogen (secondary N) is 2. The second-order valence-electron chi connectivity index (χ2n) is 6.42. The number of nitrogens with two attached hydrogens (primary N) is 1. The van der Waals surface area contributed by atoms with Crippen LogP contribution >= 0.6 is 0 Å².